The van der Waals surface area contributed by atoms with E-state index in [-0.39, 0.29) is 47.4 Å². The molecule has 1 aliphatic carbocycles. The Balaban J connectivity index is 1.88. The van der Waals surface area contributed by atoms with Crippen LogP contribution in [0.5, 0.6) is 0 Å². The fourth-order valence-corrected chi connectivity index (χ4v) is 4.06. The number of aromatic nitrogens is 2. The van der Waals surface area contributed by atoms with Crippen molar-refractivity contribution >= 4 is 29.1 Å². The molecule has 1 aliphatic heterocycles. The van der Waals surface area contributed by atoms with Crippen molar-refractivity contribution in [3.63, 3.8) is 0 Å². The van der Waals surface area contributed by atoms with Crippen LogP contribution in [0.2, 0.25) is 0 Å². The molecule has 0 radical (unpaired) electrons. The quantitative estimate of drug-likeness (QED) is 0.567. The van der Waals surface area contributed by atoms with E-state index in [0.29, 0.717) is 11.6 Å². The Hall–Kier alpha value is -3.43. The number of nitrogens with zero attached hydrogens (tertiary/aromatic N) is 5. The van der Waals surface area contributed by atoms with Gasteiger partial charge in [-0.15, -0.1) is 0 Å². The second kappa shape index (κ2) is 7.68. The summed E-state index contributed by atoms with van der Waals surface area (Å²) >= 11 is 0. The lowest BCUT2D eigenvalue weighted by Gasteiger charge is -2.40. The lowest BCUT2D eigenvalue weighted by atomic mass is 9.99. The minimum absolute atomic E-state index is 0.0881. The number of nitro groups is 1. The summed E-state index contributed by atoms with van der Waals surface area (Å²) in [7, 11) is 0. The first kappa shape index (κ1) is 20.8. The molecule has 2 aromatic rings. The zero-order chi connectivity index (χ0) is 22.4. The van der Waals surface area contributed by atoms with Crippen molar-refractivity contribution in [2.45, 2.75) is 52.1 Å². The maximum atomic E-state index is 13.0. The molecule has 0 bridgehead atoms. The molecule has 1 fully saturated rings. The van der Waals surface area contributed by atoms with Crippen LogP contribution in [0, 0.1) is 16.0 Å². The minimum Gasteiger partial charge on any atom is -0.465 e. The molecule has 1 saturated carbocycles. The predicted molar refractivity (Wildman–Crippen MR) is 114 cm³/mol. The Labute approximate surface area is 179 Å². The van der Waals surface area contributed by atoms with Crippen LogP contribution < -0.4 is 9.80 Å². The molecule has 2 heterocycles. The zero-order valence-corrected chi connectivity index (χ0v) is 17.7. The molecule has 1 aromatic heterocycles. The predicted octanol–water partition coefficient (Wildman–Crippen LogP) is 4.06. The lowest BCUT2D eigenvalue weighted by molar-refractivity contribution is -0.384. The van der Waals surface area contributed by atoms with Crippen molar-refractivity contribution in [3.8, 4) is 11.1 Å². The van der Waals surface area contributed by atoms with Gasteiger partial charge in [0.15, 0.2) is 0 Å². The zero-order valence-electron chi connectivity index (χ0n) is 17.7. The maximum absolute atomic E-state index is 13.0. The SMILES string of the molecule is CC(C)CC(=O)N1c2cc([N+](=O)[O-])c(-c3cnn(C4CC4)c3)cc2N(C(=O)O)CC1C. The highest BCUT2D eigenvalue weighted by Gasteiger charge is 2.37. The first-order valence-electron chi connectivity index (χ1n) is 10.4. The van der Waals surface area contributed by atoms with E-state index in [0.717, 1.165) is 17.7 Å². The molecule has 1 unspecified atom stereocenters. The third kappa shape index (κ3) is 3.85. The monoisotopic (exact) mass is 427 g/mol. The Morgan fingerprint density at radius 1 is 1.29 bits per heavy atom. The van der Waals surface area contributed by atoms with Crippen LogP contribution in [0.3, 0.4) is 0 Å². The number of carbonyl (C=O) groups is 2. The highest BCUT2D eigenvalue weighted by atomic mass is 16.6. The Kier molecular flexibility index (Phi) is 5.16. The van der Waals surface area contributed by atoms with E-state index in [4.69, 9.17) is 0 Å². The second-order valence-electron chi connectivity index (χ2n) is 8.66. The first-order chi connectivity index (χ1) is 14.7. The number of benzene rings is 1. The summed E-state index contributed by atoms with van der Waals surface area (Å²) in [5.41, 5.74) is 1.16. The molecule has 0 spiro atoms. The fraction of sp³-hybridized carbons (Fsp3) is 0.476. The van der Waals surface area contributed by atoms with Crippen molar-refractivity contribution in [2.75, 3.05) is 16.3 Å². The van der Waals surface area contributed by atoms with Gasteiger partial charge in [0.05, 0.1) is 40.1 Å². The maximum Gasteiger partial charge on any atom is 0.411 e. The van der Waals surface area contributed by atoms with Gasteiger partial charge in [-0.2, -0.15) is 5.10 Å². The van der Waals surface area contributed by atoms with Crippen molar-refractivity contribution in [1.82, 2.24) is 9.78 Å². The summed E-state index contributed by atoms with van der Waals surface area (Å²) in [6.45, 7) is 5.67. The summed E-state index contributed by atoms with van der Waals surface area (Å²) in [5.74, 6) is -0.0828. The average Bonchev–Trinajstić information content (AvgIpc) is 3.42. The van der Waals surface area contributed by atoms with Crippen molar-refractivity contribution in [3.05, 3.63) is 34.6 Å². The number of amides is 2. The summed E-state index contributed by atoms with van der Waals surface area (Å²) in [5, 5.41) is 26.0. The average molecular weight is 427 g/mol. The number of hydrogen-bond donors (Lipinski definition) is 1. The van der Waals surface area contributed by atoms with Crippen molar-refractivity contribution in [2.24, 2.45) is 5.92 Å². The van der Waals surface area contributed by atoms with Gasteiger partial charge in [-0.3, -0.25) is 24.5 Å². The lowest BCUT2D eigenvalue weighted by Crippen LogP contribution is -2.52. The van der Waals surface area contributed by atoms with Crippen LogP contribution in [0.1, 0.15) is 46.1 Å². The molecule has 2 aliphatic rings. The van der Waals surface area contributed by atoms with Gasteiger partial charge in [-0.05, 0) is 31.7 Å². The molecule has 164 valence electrons. The van der Waals surface area contributed by atoms with E-state index in [9.17, 15) is 24.8 Å². The van der Waals surface area contributed by atoms with Gasteiger partial charge in [-0.1, -0.05) is 13.8 Å². The number of carbonyl (C=O) groups excluding carboxylic acids is 1. The minimum atomic E-state index is -1.17. The first-order valence-corrected chi connectivity index (χ1v) is 10.4. The number of anilines is 2. The number of rotatable bonds is 5. The normalized spacial score (nSPS) is 18.3. The number of carboxylic acid groups (broad SMARTS) is 1. The molecule has 10 heteroatoms. The summed E-state index contributed by atoms with van der Waals surface area (Å²) in [6, 6.07) is 2.68. The van der Waals surface area contributed by atoms with Crippen LogP contribution in [0.25, 0.3) is 11.1 Å². The molecular weight excluding hydrogens is 402 g/mol. The van der Waals surface area contributed by atoms with Gasteiger partial charge < -0.3 is 10.0 Å². The van der Waals surface area contributed by atoms with Gasteiger partial charge >= 0.3 is 6.09 Å². The van der Waals surface area contributed by atoms with Crippen molar-refractivity contribution in [1.29, 1.82) is 0 Å². The number of nitro benzene ring substituents is 1. The van der Waals surface area contributed by atoms with Crippen molar-refractivity contribution < 1.29 is 19.6 Å². The van der Waals surface area contributed by atoms with E-state index in [1.165, 1.54) is 17.0 Å². The van der Waals surface area contributed by atoms with E-state index in [2.05, 4.69) is 5.10 Å². The molecule has 10 nitrogen and oxygen atoms in total. The third-order valence-corrected chi connectivity index (χ3v) is 5.64. The van der Waals surface area contributed by atoms with Crippen LogP contribution in [0.15, 0.2) is 24.5 Å². The topological polar surface area (TPSA) is 122 Å². The third-order valence-electron chi connectivity index (χ3n) is 5.64. The van der Waals surface area contributed by atoms with Gasteiger partial charge in [0.2, 0.25) is 5.91 Å². The molecule has 31 heavy (non-hydrogen) atoms. The summed E-state index contributed by atoms with van der Waals surface area (Å²) < 4.78 is 1.79. The van der Waals surface area contributed by atoms with Gasteiger partial charge in [0.1, 0.15) is 0 Å². The van der Waals surface area contributed by atoms with Gasteiger partial charge in [0.25, 0.3) is 5.69 Å². The largest absolute Gasteiger partial charge is 0.465 e. The summed E-state index contributed by atoms with van der Waals surface area (Å²) in [6.07, 6.45) is 4.45. The van der Waals surface area contributed by atoms with Crippen LogP contribution in [0.4, 0.5) is 21.9 Å². The summed E-state index contributed by atoms with van der Waals surface area (Å²) in [4.78, 5) is 39.0. The molecule has 4 rings (SSSR count). The Morgan fingerprint density at radius 3 is 2.58 bits per heavy atom. The number of fused-ring (bicyclic) bond motifs is 1. The van der Waals surface area contributed by atoms with E-state index >= 15 is 0 Å². The smallest absolute Gasteiger partial charge is 0.411 e. The highest BCUT2D eigenvalue weighted by Crippen LogP contribution is 2.44. The molecule has 1 atom stereocenters. The molecule has 2 amide bonds. The van der Waals surface area contributed by atoms with Crippen LogP contribution in [-0.4, -0.2) is 44.4 Å². The number of hydrogen-bond acceptors (Lipinski definition) is 5. The highest BCUT2D eigenvalue weighted by molar-refractivity contribution is 6.04. The molecule has 1 N–H and O–H groups in total. The molecule has 1 aromatic carbocycles. The standard InChI is InChI=1S/C21H25N5O5/c1-12(2)6-20(27)25-13(3)10-23(21(28)29)18-7-16(17(26(30)31)8-19(18)25)14-9-22-24(11-14)15-4-5-15/h7-9,11-13,15H,4-6,10H2,1-3H3,(H,28,29). The fourth-order valence-electron chi connectivity index (χ4n) is 4.06. The van der Waals surface area contributed by atoms with Crippen LogP contribution >= 0.6 is 0 Å². The van der Waals surface area contributed by atoms with E-state index in [1.807, 2.05) is 13.8 Å². The van der Waals surface area contributed by atoms with Gasteiger partial charge in [-0.25, -0.2) is 4.79 Å². The second-order valence-corrected chi connectivity index (χ2v) is 8.66. The molecule has 0 saturated heterocycles. The van der Waals surface area contributed by atoms with Crippen LogP contribution in [-0.2, 0) is 4.79 Å². The van der Waals surface area contributed by atoms with Gasteiger partial charge in [0, 0.05) is 30.8 Å². The van der Waals surface area contributed by atoms with E-state index in [1.54, 1.807) is 24.0 Å². The Bertz CT molecular complexity index is 1060. The van der Waals surface area contributed by atoms with E-state index < -0.39 is 17.1 Å². The molecular formula is C21H25N5O5. The Morgan fingerprint density at radius 2 is 2.00 bits per heavy atom.